The van der Waals surface area contributed by atoms with E-state index in [4.69, 9.17) is 0 Å². The van der Waals surface area contributed by atoms with Gasteiger partial charge in [0.05, 0.1) is 5.69 Å². The summed E-state index contributed by atoms with van der Waals surface area (Å²) >= 11 is 0. The number of nitrogens with zero attached hydrogens (tertiary/aromatic N) is 3. The highest BCUT2D eigenvalue weighted by Crippen LogP contribution is 2.33. The van der Waals surface area contributed by atoms with Crippen molar-refractivity contribution in [2.75, 3.05) is 5.43 Å². The molecule has 1 aliphatic heterocycles. The molecule has 0 bridgehead atoms. The molecule has 0 aliphatic carbocycles. The molecule has 0 radical (unpaired) electrons. The van der Waals surface area contributed by atoms with Gasteiger partial charge in [-0.1, -0.05) is 25.8 Å². The molecule has 2 heterocycles. The molecular formula is C14H17N5. The molecule has 5 heteroatoms. The van der Waals surface area contributed by atoms with Gasteiger partial charge < -0.3 is 0 Å². The van der Waals surface area contributed by atoms with Crippen LogP contribution in [-0.4, -0.2) is 21.6 Å². The van der Waals surface area contributed by atoms with Gasteiger partial charge in [0.25, 0.3) is 0 Å². The zero-order valence-corrected chi connectivity index (χ0v) is 11.0. The van der Waals surface area contributed by atoms with Gasteiger partial charge in [-0.3, -0.25) is 5.43 Å². The molecule has 2 aromatic rings. The lowest BCUT2D eigenvalue weighted by Gasteiger charge is -2.10. The number of aromatic amines is 1. The molecule has 0 atom stereocenters. The first kappa shape index (κ1) is 11.9. The monoisotopic (exact) mass is 255 g/mol. The topological polar surface area (TPSA) is 66.0 Å². The molecule has 3 rings (SSSR count). The van der Waals surface area contributed by atoms with Crippen molar-refractivity contribution in [3.8, 4) is 0 Å². The highest BCUT2D eigenvalue weighted by atomic mass is 15.3. The second-order valence-electron chi connectivity index (χ2n) is 4.72. The Kier molecular flexibility index (Phi) is 3.27. The van der Waals surface area contributed by atoms with Crippen molar-refractivity contribution in [2.24, 2.45) is 5.10 Å². The van der Waals surface area contributed by atoms with Crippen LogP contribution in [0.3, 0.4) is 0 Å². The smallest absolute Gasteiger partial charge is 0.138 e. The number of allylic oxidation sites excluding steroid dienone is 2. The Balaban J connectivity index is 2.00. The van der Waals surface area contributed by atoms with Crippen molar-refractivity contribution >= 4 is 28.5 Å². The highest BCUT2D eigenvalue weighted by molar-refractivity contribution is 5.99. The Morgan fingerprint density at radius 2 is 2.11 bits per heavy atom. The molecule has 0 amide bonds. The number of H-pyrrole nitrogens is 1. The number of anilines is 1. The fourth-order valence-corrected chi connectivity index (χ4v) is 2.40. The van der Waals surface area contributed by atoms with E-state index in [2.05, 4.69) is 45.0 Å². The third kappa shape index (κ3) is 2.23. The standard InChI is InChI=1S/C14H17N5/c1-2-3-4-5-10-8-9-15-17-13-11(10)6-7-12-14(13)18-19-16-12/h6-9,17H,2-5H2,1H3,(H,16,18,19). The van der Waals surface area contributed by atoms with Crippen molar-refractivity contribution in [1.29, 1.82) is 0 Å². The number of benzene rings is 1. The van der Waals surface area contributed by atoms with Crippen molar-refractivity contribution in [1.82, 2.24) is 15.4 Å². The first-order valence-corrected chi connectivity index (χ1v) is 6.72. The maximum absolute atomic E-state index is 4.20. The van der Waals surface area contributed by atoms with Gasteiger partial charge in [-0.25, -0.2) is 0 Å². The Morgan fingerprint density at radius 3 is 3.00 bits per heavy atom. The lowest BCUT2D eigenvalue weighted by atomic mass is 9.97. The van der Waals surface area contributed by atoms with Gasteiger partial charge in [0, 0.05) is 11.8 Å². The Morgan fingerprint density at radius 1 is 1.16 bits per heavy atom. The van der Waals surface area contributed by atoms with E-state index in [0.717, 1.165) is 23.1 Å². The molecule has 0 saturated heterocycles. The Labute approximate surface area is 111 Å². The van der Waals surface area contributed by atoms with Crippen LogP contribution in [0.15, 0.2) is 23.3 Å². The quantitative estimate of drug-likeness (QED) is 0.823. The van der Waals surface area contributed by atoms with Gasteiger partial charge >= 0.3 is 0 Å². The van der Waals surface area contributed by atoms with Crippen LogP contribution in [0, 0.1) is 0 Å². The van der Waals surface area contributed by atoms with E-state index >= 15 is 0 Å². The summed E-state index contributed by atoms with van der Waals surface area (Å²) in [6.07, 6.45) is 8.65. The van der Waals surface area contributed by atoms with Crippen LogP contribution in [0.5, 0.6) is 0 Å². The number of fused-ring (bicyclic) bond motifs is 3. The second-order valence-corrected chi connectivity index (χ2v) is 4.72. The summed E-state index contributed by atoms with van der Waals surface area (Å²) in [5.74, 6) is 0. The van der Waals surface area contributed by atoms with E-state index in [1.54, 1.807) is 0 Å². The largest absolute Gasteiger partial charge is 0.276 e. The third-order valence-corrected chi connectivity index (χ3v) is 3.41. The number of hydrazone groups is 1. The van der Waals surface area contributed by atoms with Crippen molar-refractivity contribution in [2.45, 2.75) is 32.6 Å². The molecule has 5 nitrogen and oxygen atoms in total. The zero-order chi connectivity index (χ0) is 13.1. The van der Waals surface area contributed by atoms with Gasteiger partial charge in [-0.2, -0.15) is 20.5 Å². The van der Waals surface area contributed by atoms with Gasteiger partial charge in [0.2, 0.25) is 0 Å². The molecule has 1 aliphatic rings. The van der Waals surface area contributed by atoms with Crippen molar-refractivity contribution in [3.63, 3.8) is 0 Å². The van der Waals surface area contributed by atoms with Gasteiger partial charge in [0.1, 0.15) is 11.0 Å². The molecular weight excluding hydrogens is 238 g/mol. The summed E-state index contributed by atoms with van der Waals surface area (Å²) in [7, 11) is 0. The molecule has 19 heavy (non-hydrogen) atoms. The second kappa shape index (κ2) is 5.22. The number of nitrogens with one attached hydrogen (secondary N) is 2. The summed E-state index contributed by atoms with van der Waals surface area (Å²) in [6, 6.07) is 4.10. The van der Waals surface area contributed by atoms with Crippen LogP contribution in [0.25, 0.3) is 16.6 Å². The maximum Gasteiger partial charge on any atom is 0.138 e. The lowest BCUT2D eigenvalue weighted by molar-refractivity contribution is 0.736. The van der Waals surface area contributed by atoms with Crippen molar-refractivity contribution < 1.29 is 0 Å². The number of aromatic nitrogens is 3. The van der Waals surface area contributed by atoms with Crippen LogP contribution in [0.2, 0.25) is 0 Å². The molecule has 2 N–H and O–H groups in total. The molecule has 0 spiro atoms. The minimum Gasteiger partial charge on any atom is -0.276 e. The van der Waals surface area contributed by atoms with Gasteiger partial charge in [0.15, 0.2) is 0 Å². The molecule has 0 fully saturated rings. The summed E-state index contributed by atoms with van der Waals surface area (Å²) in [5, 5.41) is 15.2. The maximum atomic E-state index is 4.20. The third-order valence-electron chi connectivity index (χ3n) is 3.41. The van der Waals surface area contributed by atoms with Crippen LogP contribution in [-0.2, 0) is 0 Å². The normalized spacial score (nSPS) is 13.8. The van der Waals surface area contributed by atoms with E-state index in [1.165, 1.54) is 30.4 Å². The predicted molar refractivity (Wildman–Crippen MR) is 78.1 cm³/mol. The van der Waals surface area contributed by atoms with Crippen LogP contribution >= 0.6 is 0 Å². The minimum atomic E-state index is 0.845. The van der Waals surface area contributed by atoms with E-state index < -0.39 is 0 Å². The van der Waals surface area contributed by atoms with Gasteiger partial charge in [-0.05, 0) is 30.6 Å². The molecule has 1 aromatic carbocycles. The summed E-state index contributed by atoms with van der Waals surface area (Å²) in [6.45, 7) is 2.22. The molecule has 0 unspecified atom stereocenters. The Bertz CT molecular complexity index is 638. The van der Waals surface area contributed by atoms with Crippen LogP contribution in [0.4, 0.5) is 5.69 Å². The van der Waals surface area contributed by atoms with E-state index in [1.807, 2.05) is 12.3 Å². The average Bonchev–Trinajstić information content (AvgIpc) is 2.81. The highest BCUT2D eigenvalue weighted by Gasteiger charge is 2.14. The van der Waals surface area contributed by atoms with Crippen LogP contribution in [0.1, 0.15) is 38.2 Å². The first-order chi connectivity index (χ1) is 9.40. The minimum absolute atomic E-state index is 0.845. The number of hydrogen-bond acceptors (Lipinski definition) is 4. The molecule has 1 aromatic heterocycles. The zero-order valence-electron chi connectivity index (χ0n) is 11.0. The fraction of sp³-hybridized carbons (Fsp3) is 0.357. The summed E-state index contributed by atoms with van der Waals surface area (Å²) in [5.41, 5.74) is 8.20. The number of hydrogen-bond donors (Lipinski definition) is 2. The lowest BCUT2D eigenvalue weighted by Crippen LogP contribution is -1.94. The number of rotatable bonds is 4. The van der Waals surface area contributed by atoms with Crippen LogP contribution < -0.4 is 5.43 Å². The Hall–Kier alpha value is -2.17. The molecule has 0 saturated carbocycles. The van der Waals surface area contributed by atoms with Crippen molar-refractivity contribution in [3.05, 3.63) is 23.8 Å². The van der Waals surface area contributed by atoms with E-state index in [0.29, 0.717) is 0 Å². The SMILES string of the molecule is CCCCCC1=CC=NNc2c1ccc1n[nH]nc21. The average molecular weight is 255 g/mol. The first-order valence-electron chi connectivity index (χ1n) is 6.72. The fourth-order valence-electron chi connectivity index (χ4n) is 2.40. The van der Waals surface area contributed by atoms with E-state index in [9.17, 15) is 0 Å². The predicted octanol–water partition coefficient (Wildman–Crippen LogP) is 3.33. The summed E-state index contributed by atoms with van der Waals surface area (Å²) in [4.78, 5) is 0. The van der Waals surface area contributed by atoms with Gasteiger partial charge in [-0.15, -0.1) is 0 Å². The summed E-state index contributed by atoms with van der Waals surface area (Å²) < 4.78 is 0. The van der Waals surface area contributed by atoms with E-state index in [-0.39, 0.29) is 0 Å². The number of unbranched alkanes of at least 4 members (excludes halogenated alkanes) is 2. The molecule has 98 valence electrons.